The Morgan fingerprint density at radius 2 is 1.83 bits per heavy atom. The number of aliphatic carboxylic acids is 1. The van der Waals surface area contributed by atoms with Gasteiger partial charge in [-0.25, -0.2) is 0 Å². The maximum absolute atomic E-state index is 12.6. The van der Waals surface area contributed by atoms with E-state index < -0.39 is 11.4 Å². The molecule has 1 amide bonds. The quantitative estimate of drug-likeness (QED) is 0.575. The minimum Gasteiger partial charge on any atom is -0.549 e. The molecule has 0 aliphatic heterocycles. The summed E-state index contributed by atoms with van der Waals surface area (Å²) < 4.78 is 2.01. The molecule has 2 unspecified atom stereocenters. The molecule has 0 spiro atoms. The zero-order valence-corrected chi connectivity index (χ0v) is 19.8. The van der Waals surface area contributed by atoms with E-state index in [1.54, 1.807) is 24.3 Å². The predicted octanol–water partition coefficient (Wildman–Crippen LogP) is 0.111. The number of benzene rings is 2. The van der Waals surface area contributed by atoms with E-state index in [1.165, 1.54) is 6.92 Å². The van der Waals surface area contributed by atoms with Crippen molar-refractivity contribution in [3.8, 4) is 0 Å². The topological polar surface area (TPSA) is 74.2 Å². The first kappa shape index (κ1) is 23.5. The van der Waals surface area contributed by atoms with Crippen LogP contribution in [-0.2, 0) is 22.1 Å². The van der Waals surface area contributed by atoms with Crippen molar-refractivity contribution < 1.29 is 44.3 Å². The van der Waals surface area contributed by atoms with E-state index in [0.29, 0.717) is 10.6 Å². The Morgan fingerprint density at radius 1 is 1.17 bits per heavy atom. The SMILES string of the molecule is CC(NC(=O)CC(C)(C(=O)[O-])c1ccc(Cl)cc1)c1ccc2ccn(C)c2c1.[Na+]. The average molecular weight is 421 g/mol. The molecule has 5 nitrogen and oxygen atoms in total. The zero-order chi connectivity index (χ0) is 20.5. The van der Waals surface area contributed by atoms with Gasteiger partial charge in [-0.05, 0) is 54.6 Å². The standard InChI is InChI=1S/C22H23ClN2O3.Na/c1-14(16-5-4-15-10-11-25(3)19(15)12-16)24-20(26)13-22(2,21(27)28)17-6-8-18(23)9-7-17;/h4-12,14H,13H2,1-3H3,(H,24,26)(H,27,28);/q;+1/p-1. The fourth-order valence-electron chi connectivity index (χ4n) is 3.36. The Kier molecular flexibility index (Phi) is 7.57. The Labute approximate surface area is 197 Å². The molecule has 0 aliphatic carbocycles. The van der Waals surface area contributed by atoms with Crippen LogP contribution in [0.2, 0.25) is 5.02 Å². The van der Waals surface area contributed by atoms with Gasteiger partial charge in [0.2, 0.25) is 5.91 Å². The molecule has 7 heteroatoms. The second-order valence-corrected chi connectivity index (χ2v) is 7.77. The summed E-state index contributed by atoms with van der Waals surface area (Å²) in [5.41, 5.74) is 1.05. The van der Waals surface area contributed by atoms with Crippen LogP contribution in [-0.4, -0.2) is 16.4 Å². The molecule has 146 valence electrons. The molecule has 2 atom stereocenters. The van der Waals surface area contributed by atoms with Crippen molar-refractivity contribution in [3.63, 3.8) is 0 Å². The third-order valence-electron chi connectivity index (χ3n) is 5.24. The number of hydrogen-bond donors (Lipinski definition) is 1. The Morgan fingerprint density at radius 3 is 2.45 bits per heavy atom. The Hall–Kier alpha value is -1.79. The summed E-state index contributed by atoms with van der Waals surface area (Å²) in [5, 5.41) is 16.3. The van der Waals surface area contributed by atoms with E-state index in [0.717, 1.165) is 16.5 Å². The number of carboxylic acid groups (broad SMARTS) is 1. The van der Waals surface area contributed by atoms with Crippen LogP contribution in [0.25, 0.3) is 10.9 Å². The minimum atomic E-state index is -1.45. The van der Waals surface area contributed by atoms with Crippen molar-refractivity contribution in [3.05, 3.63) is 70.9 Å². The first-order chi connectivity index (χ1) is 13.2. The zero-order valence-electron chi connectivity index (χ0n) is 17.0. The number of aromatic nitrogens is 1. The molecule has 3 rings (SSSR count). The summed E-state index contributed by atoms with van der Waals surface area (Å²) in [6.07, 6.45) is 1.75. The van der Waals surface area contributed by atoms with Crippen molar-refractivity contribution in [2.24, 2.45) is 7.05 Å². The average Bonchev–Trinajstić information content (AvgIpc) is 3.02. The van der Waals surface area contributed by atoms with Crippen LogP contribution in [0.3, 0.4) is 0 Å². The minimum absolute atomic E-state index is 0. The summed E-state index contributed by atoms with van der Waals surface area (Å²) in [5.74, 6) is -1.66. The first-order valence-electron chi connectivity index (χ1n) is 9.02. The predicted molar refractivity (Wildman–Crippen MR) is 108 cm³/mol. The largest absolute Gasteiger partial charge is 1.00 e. The molecule has 2 aromatic carbocycles. The van der Waals surface area contributed by atoms with Crippen LogP contribution in [0.15, 0.2) is 54.7 Å². The van der Waals surface area contributed by atoms with Gasteiger partial charge in [0.15, 0.2) is 0 Å². The van der Waals surface area contributed by atoms with Gasteiger partial charge in [-0.3, -0.25) is 4.79 Å². The summed E-state index contributed by atoms with van der Waals surface area (Å²) in [7, 11) is 1.97. The van der Waals surface area contributed by atoms with Gasteiger partial charge in [-0.15, -0.1) is 0 Å². The van der Waals surface area contributed by atoms with Crippen LogP contribution in [0, 0.1) is 0 Å². The van der Waals surface area contributed by atoms with Gasteiger partial charge in [-0.2, -0.15) is 0 Å². The Bertz CT molecular complexity index is 1030. The van der Waals surface area contributed by atoms with Gasteiger partial charge in [0.05, 0.1) is 12.0 Å². The van der Waals surface area contributed by atoms with Crippen molar-refractivity contribution >= 4 is 34.4 Å². The van der Waals surface area contributed by atoms with Gasteiger partial charge in [0.25, 0.3) is 0 Å². The van der Waals surface area contributed by atoms with E-state index in [-0.39, 0.29) is 47.9 Å². The van der Waals surface area contributed by atoms with Gasteiger partial charge >= 0.3 is 29.6 Å². The number of nitrogens with zero attached hydrogens (tertiary/aromatic N) is 1. The van der Waals surface area contributed by atoms with Crippen molar-refractivity contribution in [2.75, 3.05) is 0 Å². The van der Waals surface area contributed by atoms with E-state index in [4.69, 9.17) is 11.6 Å². The molecule has 1 N–H and O–H groups in total. The van der Waals surface area contributed by atoms with E-state index in [9.17, 15) is 14.7 Å². The molecule has 1 aromatic heterocycles. The van der Waals surface area contributed by atoms with Crippen molar-refractivity contribution in [1.82, 2.24) is 9.88 Å². The maximum atomic E-state index is 12.6. The molecule has 0 bridgehead atoms. The summed E-state index contributed by atoms with van der Waals surface area (Å²) in [6, 6.07) is 14.2. The second kappa shape index (κ2) is 9.35. The van der Waals surface area contributed by atoms with Gasteiger partial charge < -0.3 is 19.8 Å². The van der Waals surface area contributed by atoms with Gasteiger partial charge in [0.1, 0.15) is 0 Å². The van der Waals surface area contributed by atoms with E-state index in [2.05, 4.69) is 5.32 Å². The fraction of sp³-hybridized carbons (Fsp3) is 0.273. The third kappa shape index (κ3) is 5.04. The molecular weight excluding hydrogens is 399 g/mol. The molecule has 29 heavy (non-hydrogen) atoms. The normalized spacial score (nSPS) is 13.9. The number of carboxylic acids is 1. The molecule has 0 radical (unpaired) electrons. The van der Waals surface area contributed by atoms with Gasteiger partial charge in [0, 0.05) is 35.6 Å². The van der Waals surface area contributed by atoms with Crippen LogP contribution in [0.1, 0.15) is 37.4 Å². The molecule has 1 heterocycles. The number of nitrogens with one attached hydrogen (secondary N) is 1. The maximum Gasteiger partial charge on any atom is 1.00 e. The number of aryl methyl sites for hydroxylation is 1. The van der Waals surface area contributed by atoms with Crippen LogP contribution in [0.5, 0.6) is 0 Å². The first-order valence-corrected chi connectivity index (χ1v) is 9.40. The Balaban J connectivity index is 0.00000300. The molecule has 0 fully saturated rings. The summed E-state index contributed by atoms with van der Waals surface area (Å²) >= 11 is 5.88. The number of hydrogen-bond acceptors (Lipinski definition) is 3. The molecule has 3 aromatic rings. The summed E-state index contributed by atoms with van der Waals surface area (Å²) in [6.45, 7) is 3.37. The van der Waals surface area contributed by atoms with Gasteiger partial charge in [-0.1, -0.05) is 35.9 Å². The van der Waals surface area contributed by atoms with Crippen molar-refractivity contribution in [2.45, 2.75) is 31.7 Å². The van der Waals surface area contributed by atoms with Crippen molar-refractivity contribution in [1.29, 1.82) is 0 Å². The summed E-state index contributed by atoms with van der Waals surface area (Å²) in [4.78, 5) is 24.5. The smallest absolute Gasteiger partial charge is 0.549 e. The second-order valence-electron chi connectivity index (χ2n) is 7.34. The van der Waals surface area contributed by atoms with E-state index >= 15 is 0 Å². The van der Waals surface area contributed by atoms with Crippen LogP contribution in [0.4, 0.5) is 0 Å². The molecule has 0 saturated heterocycles. The molecular formula is C22H22ClN2NaO3. The molecule has 0 aliphatic rings. The monoisotopic (exact) mass is 420 g/mol. The number of carbonyl (C=O) groups is 2. The fourth-order valence-corrected chi connectivity index (χ4v) is 3.48. The number of halogens is 1. The number of fused-ring (bicyclic) bond motifs is 1. The molecule has 0 saturated carbocycles. The van der Waals surface area contributed by atoms with E-state index in [1.807, 2.05) is 49.0 Å². The van der Waals surface area contributed by atoms with Crippen LogP contribution >= 0.6 is 11.6 Å². The number of amides is 1. The number of rotatable bonds is 6. The third-order valence-corrected chi connectivity index (χ3v) is 5.49. The van der Waals surface area contributed by atoms with Crippen LogP contribution < -0.4 is 40.0 Å². The number of carbonyl (C=O) groups excluding carboxylic acids is 2.